The zero-order valence-electron chi connectivity index (χ0n) is 14.2. The highest BCUT2D eigenvalue weighted by Gasteiger charge is 2.23. The Labute approximate surface area is 152 Å². The lowest BCUT2D eigenvalue weighted by molar-refractivity contribution is 0.0949. The molecule has 0 spiro atoms. The number of nitrogens with one attached hydrogen (secondary N) is 1. The number of nitrogens with zero attached hydrogens (tertiary/aromatic N) is 6. The molecule has 0 aliphatic carbocycles. The van der Waals surface area contributed by atoms with E-state index in [1.807, 2.05) is 6.92 Å². The van der Waals surface area contributed by atoms with Gasteiger partial charge in [0.2, 0.25) is 11.6 Å². The van der Waals surface area contributed by atoms with E-state index in [-0.39, 0.29) is 28.8 Å². The molecular weight excluding hydrogens is 356 g/mol. The summed E-state index contributed by atoms with van der Waals surface area (Å²) < 4.78 is 5.85. The standard InChI is InChI=1S/C15H16N8O4/c1-2-3-10-12(18-22-23(10)14-13(16)20-27-21-14)15(26)19-17-7-8-4-5-9(24)6-11(8)25/h4-7,24-25H,2-3H2,1H3,(H2,16,20)(H,19,26)/b17-7-. The molecule has 1 amide bonds. The normalized spacial score (nSPS) is 11.1. The molecule has 27 heavy (non-hydrogen) atoms. The summed E-state index contributed by atoms with van der Waals surface area (Å²) in [4.78, 5) is 12.4. The molecule has 12 nitrogen and oxygen atoms in total. The first kappa shape index (κ1) is 17.8. The molecule has 0 radical (unpaired) electrons. The Morgan fingerprint density at radius 3 is 2.89 bits per heavy atom. The molecule has 12 heteroatoms. The lowest BCUT2D eigenvalue weighted by Crippen LogP contribution is -2.20. The van der Waals surface area contributed by atoms with Crippen LogP contribution in [0.4, 0.5) is 5.82 Å². The number of aromatic hydroxyl groups is 2. The third kappa shape index (κ3) is 3.68. The van der Waals surface area contributed by atoms with Gasteiger partial charge in [-0.3, -0.25) is 4.79 Å². The molecule has 5 N–H and O–H groups in total. The summed E-state index contributed by atoms with van der Waals surface area (Å²) in [6, 6.07) is 3.98. The first-order chi connectivity index (χ1) is 13.0. The van der Waals surface area contributed by atoms with Crippen molar-refractivity contribution in [3.63, 3.8) is 0 Å². The Hall–Kier alpha value is -3.96. The minimum Gasteiger partial charge on any atom is -0.508 e. The Balaban J connectivity index is 1.81. The van der Waals surface area contributed by atoms with Crippen molar-refractivity contribution in [3.05, 3.63) is 35.2 Å². The number of aromatic nitrogens is 5. The number of phenolic OH excluding ortho intramolecular Hbond substituents is 2. The molecule has 0 atom stereocenters. The first-order valence-corrected chi connectivity index (χ1v) is 7.89. The second kappa shape index (κ2) is 7.51. The summed E-state index contributed by atoms with van der Waals surface area (Å²) in [6.45, 7) is 1.93. The van der Waals surface area contributed by atoms with Crippen molar-refractivity contribution in [1.29, 1.82) is 0 Å². The fraction of sp³-hybridized carbons (Fsp3) is 0.200. The molecule has 0 fully saturated rings. The molecule has 0 aliphatic rings. The van der Waals surface area contributed by atoms with E-state index in [2.05, 4.69) is 35.8 Å². The largest absolute Gasteiger partial charge is 0.508 e. The van der Waals surface area contributed by atoms with Gasteiger partial charge in [0, 0.05) is 11.6 Å². The lowest BCUT2D eigenvalue weighted by atomic mass is 10.2. The monoisotopic (exact) mass is 372 g/mol. The van der Waals surface area contributed by atoms with Crippen LogP contribution in [0, 0.1) is 0 Å². The molecule has 3 rings (SSSR count). The Morgan fingerprint density at radius 1 is 1.41 bits per heavy atom. The highest BCUT2D eigenvalue weighted by atomic mass is 16.6. The molecule has 0 saturated heterocycles. The van der Waals surface area contributed by atoms with Gasteiger partial charge >= 0.3 is 0 Å². The number of nitrogen functional groups attached to an aromatic ring is 1. The zero-order chi connectivity index (χ0) is 19.4. The fourth-order valence-electron chi connectivity index (χ4n) is 2.30. The molecule has 2 aromatic heterocycles. The van der Waals surface area contributed by atoms with E-state index in [0.717, 1.165) is 6.07 Å². The number of carbonyl (C=O) groups is 1. The van der Waals surface area contributed by atoms with Crippen LogP contribution in [0.2, 0.25) is 0 Å². The van der Waals surface area contributed by atoms with Gasteiger partial charge in [-0.2, -0.15) is 9.78 Å². The van der Waals surface area contributed by atoms with E-state index in [1.165, 1.54) is 23.0 Å². The number of nitrogens with two attached hydrogens (primary N) is 1. The molecule has 3 aromatic rings. The summed E-state index contributed by atoms with van der Waals surface area (Å²) in [5.41, 5.74) is 8.81. The van der Waals surface area contributed by atoms with Crippen molar-refractivity contribution in [2.24, 2.45) is 5.10 Å². The van der Waals surface area contributed by atoms with Gasteiger partial charge in [-0.15, -0.1) is 5.10 Å². The van der Waals surface area contributed by atoms with E-state index in [1.54, 1.807) is 0 Å². The van der Waals surface area contributed by atoms with Gasteiger partial charge in [-0.05, 0) is 28.9 Å². The van der Waals surface area contributed by atoms with Crippen LogP contribution < -0.4 is 11.2 Å². The second-order valence-electron chi connectivity index (χ2n) is 5.46. The second-order valence-corrected chi connectivity index (χ2v) is 5.46. The van der Waals surface area contributed by atoms with E-state index in [4.69, 9.17) is 5.73 Å². The van der Waals surface area contributed by atoms with E-state index in [9.17, 15) is 15.0 Å². The van der Waals surface area contributed by atoms with Crippen LogP contribution in [0.1, 0.15) is 35.1 Å². The molecule has 2 heterocycles. The smallest absolute Gasteiger partial charge is 0.293 e. The zero-order valence-corrected chi connectivity index (χ0v) is 14.2. The van der Waals surface area contributed by atoms with Gasteiger partial charge in [-0.25, -0.2) is 10.1 Å². The van der Waals surface area contributed by atoms with Gasteiger partial charge in [-0.1, -0.05) is 18.6 Å². The summed E-state index contributed by atoms with van der Waals surface area (Å²) in [7, 11) is 0. The number of hydrogen-bond acceptors (Lipinski definition) is 10. The number of benzene rings is 1. The molecule has 0 saturated carbocycles. The molecule has 0 aliphatic heterocycles. The third-order valence-corrected chi connectivity index (χ3v) is 3.54. The third-order valence-electron chi connectivity index (χ3n) is 3.54. The van der Waals surface area contributed by atoms with Crippen molar-refractivity contribution in [1.82, 2.24) is 30.7 Å². The number of hydrazone groups is 1. The first-order valence-electron chi connectivity index (χ1n) is 7.89. The van der Waals surface area contributed by atoms with Crippen LogP contribution in [0.5, 0.6) is 11.5 Å². The number of amides is 1. The SMILES string of the molecule is CCCc1c(C(=O)N/N=C\c2ccc(O)cc2O)nnn1-c1nonc1N. The maximum atomic E-state index is 12.4. The van der Waals surface area contributed by atoms with Crippen molar-refractivity contribution in [3.8, 4) is 17.3 Å². The van der Waals surface area contributed by atoms with E-state index < -0.39 is 5.91 Å². The summed E-state index contributed by atoms with van der Waals surface area (Å²) in [5, 5.41) is 37.7. The molecule has 0 unspecified atom stereocenters. The number of carbonyl (C=O) groups excluding carboxylic acids is 1. The number of rotatable bonds is 6. The Morgan fingerprint density at radius 2 is 2.22 bits per heavy atom. The number of phenols is 2. The average molecular weight is 372 g/mol. The van der Waals surface area contributed by atoms with E-state index >= 15 is 0 Å². The van der Waals surface area contributed by atoms with Crippen LogP contribution in [0.25, 0.3) is 5.82 Å². The average Bonchev–Trinajstić information content (AvgIpc) is 3.23. The van der Waals surface area contributed by atoms with Crippen LogP contribution >= 0.6 is 0 Å². The van der Waals surface area contributed by atoms with Crippen molar-refractivity contribution < 1.29 is 19.6 Å². The van der Waals surface area contributed by atoms with Crippen LogP contribution in [0.3, 0.4) is 0 Å². The lowest BCUT2D eigenvalue weighted by Gasteiger charge is -2.03. The Kier molecular flexibility index (Phi) is 4.97. The number of hydrogen-bond donors (Lipinski definition) is 4. The predicted molar refractivity (Wildman–Crippen MR) is 92.5 cm³/mol. The predicted octanol–water partition coefficient (Wildman–Crippen LogP) is 0.360. The molecule has 140 valence electrons. The summed E-state index contributed by atoms with van der Waals surface area (Å²) in [5.74, 6) is -0.711. The molecule has 1 aromatic carbocycles. The van der Waals surface area contributed by atoms with E-state index in [0.29, 0.717) is 24.1 Å². The summed E-state index contributed by atoms with van der Waals surface area (Å²) in [6.07, 6.45) is 2.42. The van der Waals surface area contributed by atoms with Crippen LogP contribution in [-0.2, 0) is 6.42 Å². The quantitative estimate of drug-likeness (QED) is 0.351. The van der Waals surface area contributed by atoms with Crippen LogP contribution in [-0.4, -0.2) is 47.6 Å². The highest BCUT2D eigenvalue weighted by Crippen LogP contribution is 2.21. The molecule has 0 bridgehead atoms. The van der Waals surface area contributed by atoms with Gasteiger partial charge < -0.3 is 15.9 Å². The van der Waals surface area contributed by atoms with Gasteiger partial charge in [0.1, 0.15) is 11.5 Å². The van der Waals surface area contributed by atoms with Gasteiger partial charge in [0.15, 0.2) is 5.69 Å². The fourth-order valence-corrected chi connectivity index (χ4v) is 2.30. The summed E-state index contributed by atoms with van der Waals surface area (Å²) >= 11 is 0. The highest BCUT2D eigenvalue weighted by molar-refractivity contribution is 5.94. The van der Waals surface area contributed by atoms with Crippen molar-refractivity contribution >= 4 is 17.9 Å². The van der Waals surface area contributed by atoms with Gasteiger partial charge in [0.25, 0.3) is 5.91 Å². The molecular formula is C15H16N8O4. The number of anilines is 1. The topological polar surface area (TPSA) is 178 Å². The maximum Gasteiger partial charge on any atom is 0.293 e. The minimum absolute atomic E-state index is 0.0186. The Bertz CT molecular complexity index is 994. The van der Waals surface area contributed by atoms with Crippen molar-refractivity contribution in [2.75, 3.05) is 5.73 Å². The van der Waals surface area contributed by atoms with Crippen LogP contribution in [0.15, 0.2) is 27.9 Å². The van der Waals surface area contributed by atoms with Crippen molar-refractivity contribution in [2.45, 2.75) is 19.8 Å². The van der Waals surface area contributed by atoms with Gasteiger partial charge in [0.05, 0.1) is 11.9 Å². The maximum absolute atomic E-state index is 12.4. The minimum atomic E-state index is -0.603.